The molecule has 5 nitrogen and oxygen atoms in total. The van der Waals surface area contributed by atoms with Crippen molar-refractivity contribution in [2.75, 3.05) is 12.9 Å². The molecule has 1 atom stereocenters. The molecule has 0 amide bonds. The maximum absolute atomic E-state index is 11.9. The van der Waals surface area contributed by atoms with Crippen LogP contribution in [0.15, 0.2) is 17.0 Å². The molecule has 2 rings (SSSR count). The van der Waals surface area contributed by atoms with Gasteiger partial charge in [-0.15, -0.1) is 0 Å². The van der Waals surface area contributed by atoms with Crippen LogP contribution in [0.5, 0.6) is 0 Å². The van der Waals surface area contributed by atoms with Gasteiger partial charge in [-0.3, -0.25) is 0 Å². The Balaban J connectivity index is 2.75. The first-order chi connectivity index (χ1) is 8.19. The summed E-state index contributed by atoms with van der Waals surface area (Å²) in [7, 11) is -2.32. The van der Waals surface area contributed by atoms with Crippen LogP contribution in [0.4, 0.5) is 0 Å². The fourth-order valence-corrected chi connectivity index (χ4v) is 4.18. The van der Waals surface area contributed by atoms with Crippen LogP contribution in [-0.4, -0.2) is 32.4 Å². The molecule has 0 saturated carbocycles. The molecule has 98 valence electrons. The molecule has 6 heteroatoms. The maximum Gasteiger partial charge on any atom is 0.338 e. The summed E-state index contributed by atoms with van der Waals surface area (Å²) < 4.78 is 28.5. The number of esters is 1. The van der Waals surface area contributed by atoms with Crippen molar-refractivity contribution in [1.82, 2.24) is 0 Å². The predicted molar refractivity (Wildman–Crippen MR) is 64.1 cm³/mol. The summed E-state index contributed by atoms with van der Waals surface area (Å²) in [5.41, 5.74) is -0.281. The van der Waals surface area contributed by atoms with Crippen molar-refractivity contribution < 1.29 is 23.1 Å². The topological polar surface area (TPSA) is 80.7 Å². The summed E-state index contributed by atoms with van der Waals surface area (Å²) in [6, 6.07) is 2.82. The van der Waals surface area contributed by atoms with Gasteiger partial charge >= 0.3 is 5.97 Å². The molecule has 0 saturated heterocycles. The minimum absolute atomic E-state index is 0.0125. The number of rotatable bonds is 1. The van der Waals surface area contributed by atoms with Crippen LogP contribution >= 0.6 is 0 Å². The van der Waals surface area contributed by atoms with E-state index in [0.29, 0.717) is 11.1 Å². The van der Waals surface area contributed by atoms with E-state index in [0.717, 1.165) is 0 Å². The predicted octanol–water partition coefficient (Wildman–Crippen LogP) is 0.776. The Morgan fingerprint density at radius 2 is 2.06 bits per heavy atom. The molecule has 0 aromatic heterocycles. The number of carbonyl (C=O) groups is 1. The van der Waals surface area contributed by atoms with Crippen molar-refractivity contribution in [2.24, 2.45) is 0 Å². The highest BCUT2D eigenvalue weighted by molar-refractivity contribution is 7.91. The molecule has 1 aliphatic rings. The highest BCUT2D eigenvalue weighted by atomic mass is 32.2. The van der Waals surface area contributed by atoms with Crippen molar-refractivity contribution >= 4 is 15.8 Å². The number of aryl methyl sites for hydroxylation is 1. The third-order valence-electron chi connectivity index (χ3n) is 3.12. The Bertz CT molecular complexity index is 628. The zero-order valence-electron chi connectivity index (χ0n) is 10.4. The van der Waals surface area contributed by atoms with Gasteiger partial charge in [-0.2, -0.15) is 0 Å². The van der Waals surface area contributed by atoms with E-state index in [-0.39, 0.29) is 16.2 Å². The normalized spacial score (nSPS) is 24.7. The molecule has 1 aromatic rings. The van der Waals surface area contributed by atoms with Gasteiger partial charge in [0.25, 0.3) is 0 Å². The SMILES string of the molecule is COC(=O)c1cc2c(cc1C)C(C)(O)CS2(=O)=O. The smallest absolute Gasteiger partial charge is 0.338 e. The molecule has 0 radical (unpaired) electrons. The molecule has 1 aliphatic heterocycles. The Hall–Kier alpha value is -1.40. The van der Waals surface area contributed by atoms with Crippen LogP contribution in [0.1, 0.15) is 28.4 Å². The first-order valence-electron chi connectivity index (χ1n) is 5.37. The average molecular weight is 270 g/mol. The summed E-state index contributed by atoms with van der Waals surface area (Å²) in [5, 5.41) is 10.1. The van der Waals surface area contributed by atoms with Crippen molar-refractivity contribution in [2.45, 2.75) is 24.3 Å². The summed E-state index contributed by atoms with van der Waals surface area (Å²) in [5.74, 6) is -0.948. The molecule has 0 spiro atoms. The number of hydrogen-bond donors (Lipinski definition) is 1. The van der Waals surface area contributed by atoms with Crippen molar-refractivity contribution in [1.29, 1.82) is 0 Å². The van der Waals surface area contributed by atoms with Gasteiger partial charge in [0, 0.05) is 5.56 Å². The fourth-order valence-electron chi connectivity index (χ4n) is 2.22. The van der Waals surface area contributed by atoms with E-state index in [9.17, 15) is 18.3 Å². The lowest BCUT2D eigenvalue weighted by molar-refractivity contribution is 0.0597. The molecule has 18 heavy (non-hydrogen) atoms. The Labute approximate surface area is 105 Å². The van der Waals surface area contributed by atoms with Crippen molar-refractivity contribution in [3.8, 4) is 0 Å². The van der Waals surface area contributed by atoms with Gasteiger partial charge in [-0.25, -0.2) is 13.2 Å². The lowest BCUT2D eigenvalue weighted by Gasteiger charge is -2.16. The minimum atomic E-state index is -3.55. The first-order valence-corrected chi connectivity index (χ1v) is 7.03. The molecule has 1 N–H and O–H groups in total. The number of aliphatic hydroxyl groups is 1. The van der Waals surface area contributed by atoms with E-state index in [1.807, 2.05) is 0 Å². The Kier molecular flexibility index (Phi) is 2.75. The van der Waals surface area contributed by atoms with Gasteiger partial charge in [0.15, 0.2) is 9.84 Å². The highest BCUT2D eigenvalue weighted by Crippen LogP contribution is 2.39. The Morgan fingerprint density at radius 1 is 1.44 bits per heavy atom. The number of methoxy groups -OCH3 is 1. The van der Waals surface area contributed by atoms with E-state index < -0.39 is 21.4 Å². The van der Waals surface area contributed by atoms with E-state index in [2.05, 4.69) is 4.74 Å². The third-order valence-corrected chi connectivity index (χ3v) is 5.07. The van der Waals surface area contributed by atoms with Gasteiger partial charge in [-0.05, 0) is 25.5 Å². The Morgan fingerprint density at radius 3 is 2.61 bits per heavy atom. The standard InChI is InChI=1S/C12H14O5S/c1-7-4-9-10(5-8(7)11(13)17-3)18(15,16)6-12(9,2)14/h4-5,14H,6H2,1-3H3. The number of hydrogen-bond acceptors (Lipinski definition) is 5. The summed E-state index contributed by atoms with van der Waals surface area (Å²) in [6.07, 6.45) is 0. The summed E-state index contributed by atoms with van der Waals surface area (Å²) >= 11 is 0. The zero-order chi connectivity index (χ0) is 13.7. The second-order valence-electron chi connectivity index (χ2n) is 4.69. The highest BCUT2D eigenvalue weighted by Gasteiger charge is 2.43. The number of sulfone groups is 1. The van der Waals surface area contributed by atoms with E-state index >= 15 is 0 Å². The molecule has 1 heterocycles. The quantitative estimate of drug-likeness (QED) is 0.763. The van der Waals surface area contributed by atoms with E-state index in [4.69, 9.17) is 0 Å². The molecule has 0 aliphatic carbocycles. The van der Waals surface area contributed by atoms with Crippen LogP contribution in [0.25, 0.3) is 0 Å². The molecular weight excluding hydrogens is 256 g/mol. The lowest BCUT2D eigenvalue weighted by Crippen LogP contribution is -2.23. The average Bonchev–Trinajstić information content (AvgIpc) is 2.42. The number of fused-ring (bicyclic) bond motifs is 1. The summed E-state index contributed by atoms with van der Waals surface area (Å²) in [6.45, 7) is 3.13. The van der Waals surface area contributed by atoms with Crippen molar-refractivity contribution in [3.63, 3.8) is 0 Å². The first kappa shape index (κ1) is 13.0. The summed E-state index contributed by atoms with van der Waals surface area (Å²) in [4.78, 5) is 11.5. The van der Waals surface area contributed by atoms with Crippen molar-refractivity contribution in [3.05, 3.63) is 28.8 Å². The monoisotopic (exact) mass is 270 g/mol. The molecular formula is C12H14O5S. The van der Waals surface area contributed by atoms with Gasteiger partial charge in [0.05, 0.1) is 23.3 Å². The molecule has 0 bridgehead atoms. The fraction of sp³-hybridized carbons (Fsp3) is 0.417. The molecule has 1 aromatic carbocycles. The van der Waals surface area contributed by atoms with Crippen LogP contribution < -0.4 is 0 Å². The van der Waals surface area contributed by atoms with Gasteiger partial charge in [0.1, 0.15) is 5.60 Å². The molecule has 0 fully saturated rings. The van der Waals surface area contributed by atoms with Gasteiger partial charge in [0.2, 0.25) is 0 Å². The third kappa shape index (κ3) is 1.81. The number of ether oxygens (including phenoxy) is 1. The molecule has 1 unspecified atom stereocenters. The van der Waals surface area contributed by atoms with Crippen LogP contribution in [-0.2, 0) is 20.2 Å². The van der Waals surface area contributed by atoms with Crippen LogP contribution in [0, 0.1) is 6.92 Å². The second kappa shape index (κ2) is 3.80. The van der Waals surface area contributed by atoms with Gasteiger partial charge in [-0.1, -0.05) is 6.07 Å². The van der Waals surface area contributed by atoms with Crippen LogP contribution in [0.2, 0.25) is 0 Å². The minimum Gasteiger partial charge on any atom is -0.465 e. The van der Waals surface area contributed by atoms with E-state index in [1.165, 1.54) is 26.2 Å². The number of carbonyl (C=O) groups excluding carboxylic acids is 1. The lowest BCUT2D eigenvalue weighted by atomic mass is 9.94. The van der Waals surface area contributed by atoms with E-state index in [1.54, 1.807) is 6.92 Å². The zero-order valence-corrected chi connectivity index (χ0v) is 11.2. The van der Waals surface area contributed by atoms with Gasteiger partial charge < -0.3 is 9.84 Å². The largest absolute Gasteiger partial charge is 0.465 e. The number of benzene rings is 1. The second-order valence-corrected chi connectivity index (χ2v) is 6.65. The maximum atomic E-state index is 11.9. The van der Waals surface area contributed by atoms with Crippen LogP contribution in [0.3, 0.4) is 0 Å².